The first-order valence-electron chi connectivity index (χ1n) is 9.61. The number of benzene rings is 2. The normalized spacial score (nSPS) is 11.0. The highest BCUT2D eigenvalue weighted by Crippen LogP contribution is 2.25. The molecule has 1 heterocycles. The maximum Gasteiger partial charge on any atom is 0.573 e. The van der Waals surface area contributed by atoms with Crippen LogP contribution in [0.5, 0.6) is 11.8 Å². The highest BCUT2D eigenvalue weighted by Gasteiger charge is 2.30. The second kappa shape index (κ2) is 9.99. The molecule has 0 spiro atoms. The first kappa shape index (κ1) is 22.9. The monoisotopic (exact) mass is 446 g/mol. The molecule has 3 aromatic rings. The van der Waals surface area contributed by atoms with E-state index in [4.69, 9.17) is 4.74 Å². The number of nitrogens with one attached hydrogen (secondary N) is 2. The molecule has 2 N–H and O–H groups in total. The van der Waals surface area contributed by atoms with Crippen molar-refractivity contribution in [2.24, 2.45) is 0 Å². The number of nitrogens with zero attached hydrogens (tertiary/aromatic N) is 2. The third kappa shape index (κ3) is 6.86. The Morgan fingerprint density at radius 3 is 2.47 bits per heavy atom. The SMILES string of the molecule is COc1nc(NCCc2ccc(OC(F)(F)F)cc2)cc(-c2cccc(NC(C)=O)c2)n1. The summed E-state index contributed by atoms with van der Waals surface area (Å²) in [6, 6.07) is 14.8. The molecule has 0 aliphatic heterocycles. The van der Waals surface area contributed by atoms with Crippen molar-refractivity contribution in [3.8, 4) is 23.0 Å². The Morgan fingerprint density at radius 2 is 1.81 bits per heavy atom. The molecule has 0 fully saturated rings. The number of rotatable bonds is 8. The van der Waals surface area contributed by atoms with Gasteiger partial charge in [-0.1, -0.05) is 24.3 Å². The first-order chi connectivity index (χ1) is 15.2. The van der Waals surface area contributed by atoms with Gasteiger partial charge in [-0.3, -0.25) is 4.79 Å². The van der Waals surface area contributed by atoms with Crippen molar-refractivity contribution < 1.29 is 27.4 Å². The summed E-state index contributed by atoms with van der Waals surface area (Å²) in [4.78, 5) is 19.9. The smallest absolute Gasteiger partial charge is 0.467 e. The van der Waals surface area contributed by atoms with Gasteiger partial charge in [0.2, 0.25) is 5.91 Å². The lowest BCUT2D eigenvalue weighted by molar-refractivity contribution is -0.274. The van der Waals surface area contributed by atoms with Crippen LogP contribution in [-0.4, -0.2) is 35.9 Å². The molecular formula is C22H21F3N4O3. The molecule has 0 aliphatic rings. The molecule has 0 bridgehead atoms. The van der Waals surface area contributed by atoms with E-state index in [0.29, 0.717) is 30.2 Å². The van der Waals surface area contributed by atoms with E-state index in [1.807, 2.05) is 6.07 Å². The zero-order chi connectivity index (χ0) is 23.1. The van der Waals surface area contributed by atoms with Gasteiger partial charge in [-0.05, 0) is 36.2 Å². The molecule has 168 valence electrons. The van der Waals surface area contributed by atoms with Gasteiger partial charge in [0.15, 0.2) is 0 Å². The van der Waals surface area contributed by atoms with Crippen LogP contribution in [0.3, 0.4) is 0 Å². The van der Waals surface area contributed by atoms with Crippen molar-refractivity contribution in [1.82, 2.24) is 9.97 Å². The average molecular weight is 446 g/mol. The van der Waals surface area contributed by atoms with E-state index in [1.165, 1.54) is 26.2 Å². The summed E-state index contributed by atoms with van der Waals surface area (Å²) >= 11 is 0. The number of halogens is 3. The Morgan fingerprint density at radius 1 is 1.06 bits per heavy atom. The lowest BCUT2D eigenvalue weighted by Gasteiger charge is -2.11. The summed E-state index contributed by atoms with van der Waals surface area (Å²) in [6.45, 7) is 1.91. The number of amides is 1. The summed E-state index contributed by atoms with van der Waals surface area (Å²) in [5.41, 5.74) is 2.83. The van der Waals surface area contributed by atoms with E-state index >= 15 is 0 Å². The summed E-state index contributed by atoms with van der Waals surface area (Å²) in [6.07, 6.45) is -4.17. The van der Waals surface area contributed by atoms with Crippen LogP contribution in [-0.2, 0) is 11.2 Å². The molecule has 10 heteroatoms. The number of anilines is 2. The second-order valence-corrected chi connectivity index (χ2v) is 6.76. The minimum Gasteiger partial charge on any atom is -0.467 e. The Hall–Kier alpha value is -3.82. The largest absolute Gasteiger partial charge is 0.573 e. The molecule has 0 unspecified atom stereocenters. The molecule has 7 nitrogen and oxygen atoms in total. The second-order valence-electron chi connectivity index (χ2n) is 6.76. The van der Waals surface area contributed by atoms with Crippen molar-refractivity contribution in [2.75, 3.05) is 24.3 Å². The first-order valence-corrected chi connectivity index (χ1v) is 9.61. The maximum absolute atomic E-state index is 12.3. The predicted octanol–water partition coefficient (Wildman–Crippen LogP) is 4.66. The minimum atomic E-state index is -4.71. The zero-order valence-electron chi connectivity index (χ0n) is 17.4. The lowest BCUT2D eigenvalue weighted by atomic mass is 10.1. The number of carbonyl (C=O) groups excluding carboxylic acids is 1. The van der Waals surface area contributed by atoms with E-state index in [9.17, 15) is 18.0 Å². The molecule has 2 aromatic carbocycles. The van der Waals surface area contributed by atoms with Gasteiger partial charge in [0.1, 0.15) is 11.6 Å². The van der Waals surface area contributed by atoms with Gasteiger partial charge in [0, 0.05) is 30.8 Å². The van der Waals surface area contributed by atoms with Crippen molar-refractivity contribution in [2.45, 2.75) is 19.7 Å². The summed E-state index contributed by atoms with van der Waals surface area (Å²) in [5, 5.41) is 5.89. The van der Waals surface area contributed by atoms with Crippen LogP contribution in [0.2, 0.25) is 0 Å². The van der Waals surface area contributed by atoms with Crippen molar-refractivity contribution in [3.63, 3.8) is 0 Å². The zero-order valence-corrected chi connectivity index (χ0v) is 17.4. The third-order valence-corrected chi connectivity index (χ3v) is 4.24. The molecule has 0 atom stereocenters. The van der Waals surface area contributed by atoms with Crippen LogP contribution >= 0.6 is 0 Å². The number of carbonyl (C=O) groups is 1. The van der Waals surface area contributed by atoms with Gasteiger partial charge in [-0.2, -0.15) is 9.97 Å². The number of methoxy groups -OCH3 is 1. The van der Waals surface area contributed by atoms with Crippen LogP contribution in [0.1, 0.15) is 12.5 Å². The number of alkyl halides is 3. The number of hydrogen-bond acceptors (Lipinski definition) is 6. The van der Waals surface area contributed by atoms with Crippen LogP contribution in [0.4, 0.5) is 24.7 Å². The molecule has 32 heavy (non-hydrogen) atoms. The van der Waals surface area contributed by atoms with E-state index in [0.717, 1.165) is 11.1 Å². The Kier molecular flexibility index (Phi) is 7.14. The van der Waals surface area contributed by atoms with Gasteiger partial charge < -0.3 is 20.1 Å². The van der Waals surface area contributed by atoms with Crippen LogP contribution < -0.4 is 20.1 Å². The highest BCUT2D eigenvalue weighted by molar-refractivity contribution is 5.89. The number of aromatic nitrogens is 2. The molecule has 0 radical (unpaired) electrons. The van der Waals surface area contributed by atoms with Gasteiger partial charge >= 0.3 is 12.4 Å². The lowest BCUT2D eigenvalue weighted by Crippen LogP contribution is -2.17. The van der Waals surface area contributed by atoms with E-state index < -0.39 is 6.36 Å². The van der Waals surface area contributed by atoms with Gasteiger partial charge in [-0.15, -0.1) is 13.2 Å². The molecular weight excluding hydrogens is 425 g/mol. The molecule has 0 saturated carbocycles. The summed E-state index contributed by atoms with van der Waals surface area (Å²) in [7, 11) is 1.46. The number of hydrogen-bond donors (Lipinski definition) is 2. The van der Waals surface area contributed by atoms with Crippen molar-refractivity contribution >= 4 is 17.4 Å². The van der Waals surface area contributed by atoms with Crippen molar-refractivity contribution in [3.05, 3.63) is 60.2 Å². The van der Waals surface area contributed by atoms with E-state index in [1.54, 1.807) is 36.4 Å². The van der Waals surface area contributed by atoms with Gasteiger partial charge in [-0.25, -0.2) is 0 Å². The number of ether oxygens (including phenoxy) is 2. The summed E-state index contributed by atoms with van der Waals surface area (Å²) in [5.74, 6) is 0.0810. The molecule has 0 saturated heterocycles. The van der Waals surface area contributed by atoms with Gasteiger partial charge in [0.05, 0.1) is 12.8 Å². The summed E-state index contributed by atoms with van der Waals surface area (Å²) < 4.78 is 45.8. The highest BCUT2D eigenvalue weighted by atomic mass is 19.4. The quantitative estimate of drug-likeness (QED) is 0.523. The van der Waals surface area contributed by atoms with Gasteiger partial charge in [0.25, 0.3) is 0 Å². The Bertz CT molecular complexity index is 1070. The van der Waals surface area contributed by atoms with E-state index in [-0.39, 0.29) is 17.7 Å². The topological polar surface area (TPSA) is 85.4 Å². The average Bonchev–Trinajstić information content (AvgIpc) is 2.73. The molecule has 3 rings (SSSR count). The predicted molar refractivity (Wildman–Crippen MR) is 114 cm³/mol. The van der Waals surface area contributed by atoms with Crippen LogP contribution in [0.25, 0.3) is 11.3 Å². The Balaban J connectivity index is 1.68. The fourth-order valence-electron chi connectivity index (χ4n) is 2.91. The third-order valence-electron chi connectivity index (χ3n) is 4.24. The molecule has 1 amide bonds. The fraction of sp³-hybridized carbons (Fsp3) is 0.227. The van der Waals surface area contributed by atoms with Crippen molar-refractivity contribution in [1.29, 1.82) is 0 Å². The Labute approximate surface area is 182 Å². The fourth-order valence-corrected chi connectivity index (χ4v) is 2.91. The molecule has 0 aliphatic carbocycles. The standard InChI is InChI=1S/C22H21F3N4O3/c1-14(30)27-17-5-3-4-16(12-17)19-13-20(29-21(28-19)31-2)26-11-10-15-6-8-18(9-7-15)32-22(23,24)25/h3-9,12-13H,10-11H2,1-2H3,(H,27,30)(H,26,28,29). The van der Waals surface area contributed by atoms with E-state index in [2.05, 4.69) is 25.3 Å². The van der Waals surface area contributed by atoms with Crippen LogP contribution in [0.15, 0.2) is 54.6 Å². The maximum atomic E-state index is 12.3. The minimum absolute atomic E-state index is 0.170. The van der Waals surface area contributed by atoms with Crippen LogP contribution in [0, 0.1) is 0 Å². The molecule has 1 aromatic heterocycles.